The Labute approximate surface area is 116 Å². The van der Waals surface area contributed by atoms with Crippen molar-refractivity contribution in [3.63, 3.8) is 0 Å². The van der Waals surface area contributed by atoms with Gasteiger partial charge in [0.1, 0.15) is 0 Å². The first-order chi connectivity index (χ1) is 8.86. The molecule has 0 saturated carbocycles. The first kappa shape index (κ1) is 17.4. The third-order valence-electron chi connectivity index (χ3n) is 2.67. The van der Waals surface area contributed by atoms with Gasteiger partial charge in [-0.25, -0.2) is 4.79 Å². The molecule has 3 heteroatoms. The normalized spacial score (nSPS) is 13.4. The molecule has 106 valence electrons. The van der Waals surface area contributed by atoms with Gasteiger partial charge in [-0.1, -0.05) is 31.2 Å². The maximum Gasteiger partial charge on any atom is 0.330 e. The van der Waals surface area contributed by atoms with Gasteiger partial charge in [0.05, 0.1) is 6.61 Å². The van der Waals surface area contributed by atoms with Crippen LogP contribution in [0.4, 0.5) is 0 Å². The molecule has 0 fully saturated rings. The van der Waals surface area contributed by atoms with Gasteiger partial charge in [-0.2, -0.15) is 0 Å². The van der Waals surface area contributed by atoms with Crippen molar-refractivity contribution in [2.24, 2.45) is 5.92 Å². The van der Waals surface area contributed by atoms with Crippen LogP contribution >= 0.6 is 0 Å². The van der Waals surface area contributed by atoms with E-state index in [2.05, 4.69) is 13.5 Å². The van der Waals surface area contributed by atoms with E-state index in [-0.39, 0.29) is 11.8 Å². The van der Waals surface area contributed by atoms with E-state index in [4.69, 9.17) is 4.74 Å². The topological polar surface area (TPSA) is 43.4 Å². The first-order valence-corrected chi connectivity index (χ1v) is 6.57. The second-order valence-electron chi connectivity index (χ2n) is 4.74. The SMILES string of the molecule is C=C(/C=C(\C)C(C)=O)C[C@@H](C)C/C=C/C(=O)OCC. The van der Waals surface area contributed by atoms with Gasteiger partial charge in [-0.05, 0) is 45.1 Å². The Kier molecular flexibility index (Phi) is 8.51. The minimum absolute atomic E-state index is 0.0657. The Hall–Kier alpha value is -1.64. The average molecular weight is 264 g/mol. The van der Waals surface area contributed by atoms with Gasteiger partial charge in [0.2, 0.25) is 0 Å². The molecule has 0 aliphatic rings. The summed E-state index contributed by atoms with van der Waals surface area (Å²) in [6.45, 7) is 11.5. The second-order valence-corrected chi connectivity index (χ2v) is 4.74. The van der Waals surface area contributed by atoms with Crippen molar-refractivity contribution in [1.29, 1.82) is 0 Å². The molecule has 0 aliphatic carbocycles. The van der Waals surface area contributed by atoms with Crippen LogP contribution in [0.15, 0.2) is 36.0 Å². The molecule has 0 amide bonds. The summed E-state index contributed by atoms with van der Waals surface area (Å²) in [5.74, 6) is 0.131. The minimum atomic E-state index is -0.305. The standard InChI is InChI=1S/C16H24O3/c1-6-19-16(18)9-7-8-12(2)10-13(3)11-14(4)15(5)17/h7,9,11-12H,3,6,8,10H2,1-2,4-5H3/b9-7+,14-11+/t12-/m0/s1. The molecule has 0 radical (unpaired) electrons. The van der Waals surface area contributed by atoms with E-state index >= 15 is 0 Å². The second kappa shape index (κ2) is 9.31. The van der Waals surface area contributed by atoms with Crippen molar-refractivity contribution in [3.8, 4) is 0 Å². The molecule has 0 bridgehead atoms. The van der Waals surface area contributed by atoms with Crippen LogP contribution in [0.2, 0.25) is 0 Å². The van der Waals surface area contributed by atoms with E-state index in [1.54, 1.807) is 20.8 Å². The van der Waals surface area contributed by atoms with Gasteiger partial charge in [-0.3, -0.25) is 4.79 Å². The summed E-state index contributed by atoms with van der Waals surface area (Å²) in [5.41, 5.74) is 1.66. The molecule has 0 saturated heterocycles. The number of ketones is 1. The van der Waals surface area contributed by atoms with Crippen molar-refractivity contribution < 1.29 is 14.3 Å². The van der Waals surface area contributed by atoms with Gasteiger partial charge in [0.25, 0.3) is 0 Å². The highest BCUT2D eigenvalue weighted by Crippen LogP contribution is 2.16. The van der Waals surface area contributed by atoms with Crippen molar-refractivity contribution >= 4 is 11.8 Å². The van der Waals surface area contributed by atoms with Crippen LogP contribution in [0.5, 0.6) is 0 Å². The quantitative estimate of drug-likeness (QED) is 0.382. The highest BCUT2D eigenvalue weighted by Gasteiger charge is 2.04. The summed E-state index contributed by atoms with van der Waals surface area (Å²) in [6, 6.07) is 0. The Balaban J connectivity index is 4.15. The van der Waals surface area contributed by atoms with E-state index in [1.165, 1.54) is 6.08 Å². The number of esters is 1. The zero-order valence-corrected chi connectivity index (χ0v) is 12.4. The van der Waals surface area contributed by atoms with Crippen LogP contribution in [-0.4, -0.2) is 18.4 Å². The number of allylic oxidation sites excluding steroid dienone is 4. The number of hydrogen-bond acceptors (Lipinski definition) is 3. The average Bonchev–Trinajstić information content (AvgIpc) is 2.28. The van der Waals surface area contributed by atoms with Crippen molar-refractivity contribution in [3.05, 3.63) is 36.0 Å². The largest absolute Gasteiger partial charge is 0.463 e. The highest BCUT2D eigenvalue weighted by atomic mass is 16.5. The van der Waals surface area contributed by atoms with Gasteiger partial charge in [0, 0.05) is 6.08 Å². The molecule has 0 aromatic rings. The third-order valence-corrected chi connectivity index (χ3v) is 2.67. The summed E-state index contributed by atoms with van der Waals surface area (Å²) in [6.07, 6.45) is 6.69. The van der Waals surface area contributed by atoms with Crippen LogP contribution in [-0.2, 0) is 14.3 Å². The molecule has 0 heterocycles. The lowest BCUT2D eigenvalue weighted by atomic mass is 9.97. The molecule has 0 aromatic carbocycles. The molecule has 0 rings (SSSR count). The predicted octanol–water partition coefficient (Wildman–Crippen LogP) is 3.61. The minimum Gasteiger partial charge on any atom is -0.463 e. The predicted molar refractivity (Wildman–Crippen MR) is 77.7 cm³/mol. The maximum atomic E-state index is 11.1. The molecular weight excluding hydrogens is 240 g/mol. The van der Waals surface area contributed by atoms with Gasteiger partial charge in [-0.15, -0.1) is 0 Å². The summed E-state index contributed by atoms with van der Waals surface area (Å²) in [7, 11) is 0. The number of hydrogen-bond donors (Lipinski definition) is 0. The Morgan fingerprint density at radius 1 is 1.32 bits per heavy atom. The number of carbonyl (C=O) groups is 2. The number of rotatable bonds is 8. The zero-order valence-electron chi connectivity index (χ0n) is 12.4. The Bertz CT molecular complexity index is 389. The molecule has 19 heavy (non-hydrogen) atoms. The van der Waals surface area contributed by atoms with Crippen LogP contribution in [0.25, 0.3) is 0 Å². The number of ether oxygens (including phenoxy) is 1. The highest BCUT2D eigenvalue weighted by molar-refractivity contribution is 5.93. The lowest BCUT2D eigenvalue weighted by Gasteiger charge is -2.09. The number of carbonyl (C=O) groups excluding carboxylic acids is 2. The molecule has 0 N–H and O–H groups in total. The van der Waals surface area contributed by atoms with E-state index < -0.39 is 0 Å². The van der Waals surface area contributed by atoms with Gasteiger partial charge in [0.15, 0.2) is 5.78 Å². The summed E-state index contributed by atoms with van der Waals surface area (Å²) >= 11 is 0. The van der Waals surface area contributed by atoms with Crippen LogP contribution < -0.4 is 0 Å². The van der Waals surface area contributed by atoms with E-state index in [0.717, 1.165) is 24.0 Å². The smallest absolute Gasteiger partial charge is 0.330 e. The monoisotopic (exact) mass is 264 g/mol. The van der Waals surface area contributed by atoms with Crippen LogP contribution in [0, 0.1) is 5.92 Å². The van der Waals surface area contributed by atoms with Crippen molar-refractivity contribution in [2.75, 3.05) is 6.61 Å². The van der Waals surface area contributed by atoms with Gasteiger partial charge >= 0.3 is 5.97 Å². The van der Waals surface area contributed by atoms with Crippen molar-refractivity contribution in [1.82, 2.24) is 0 Å². The zero-order chi connectivity index (χ0) is 14.8. The molecule has 3 nitrogen and oxygen atoms in total. The lowest BCUT2D eigenvalue weighted by molar-refractivity contribution is -0.137. The van der Waals surface area contributed by atoms with Crippen LogP contribution in [0.3, 0.4) is 0 Å². The fourth-order valence-electron chi connectivity index (χ4n) is 1.58. The summed E-state index contributed by atoms with van der Waals surface area (Å²) in [5, 5.41) is 0. The molecule has 1 atom stereocenters. The Morgan fingerprint density at radius 3 is 2.47 bits per heavy atom. The molecule has 0 spiro atoms. The number of Topliss-reactive ketones (excluding diaryl/α,β-unsaturated/α-hetero) is 1. The van der Waals surface area contributed by atoms with E-state index in [1.807, 2.05) is 12.2 Å². The summed E-state index contributed by atoms with van der Waals surface area (Å²) in [4.78, 5) is 22.2. The lowest BCUT2D eigenvalue weighted by Crippen LogP contribution is -2.00. The fourth-order valence-corrected chi connectivity index (χ4v) is 1.58. The fraction of sp³-hybridized carbons (Fsp3) is 0.500. The van der Waals surface area contributed by atoms with Crippen LogP contribution in [0.1, 0.15) is 40.5 Å². The first-order valence-electron chi connectivity index (χ1n) is 6.57. The van der Waals surface area contributed by atoms with E-state index in [0.29, 0.717) is 12.5 Å². The molecule has 0 unspecified atom stereocenters. The summed E-state index contributed by atoms with van der Waals surface area (Å²) < 4.78 is 4.79. The molecule has 0 aliphatic heterocycles. The van der Waals surface area contributed by atoms with Crippen molar-refractivity contribution in [2.45, 2.75) is 40.5 Å². The third kappa shape index (κ3) is 9.00. The van der Waals surface area contributed by atoms with E-state index in [9.17, 15) is 9.59 Å². The van der Waals surface area contributed by atoms with Gasteiger partial charge < -0.3 is 4.74 Å². The Morgan fingerprint density at radius 2 is 1.95 bits per heavy atom. The molecular formula is C16H24O3. The molecule has 0 aromatic heterocycles. The maximum absolute atomic E-state index is 11.1.